The van der Waals surface area contributed by atoms with Gasteiger partial charge in [0, 0.05) is 35.8 Å². The van der Waals surface area contributed by atoms with E-state index >= 15 is 0 Å². The predicted molar refractivity (Wildman–Crippen MR) is 139 cm³/mol. The number of nitro benzene ring substituents is 1. The number of aromatic nitrogens is 2. The predicted octanol–water partition coefficient (Wildman–Crippen LogP) is 4.61. The second-order valence-electron chi connectivity index (χ2n) is 8.66. The molecular weight excluding hydrogens is 522 g/mol. The van der Waals surface area contributed by atoms with Gasteiger partial charge in [-0.3, -0.25) is 14.9 Å². The molecule has 0 unspecified atom stereocenters. The average molecular weight is 550 g/mol. The molecular formula is C24H28ClN5O6S. The van der Waals surface area contributed by atoms with Crippen LogP contribution >= 0.6 is 11.6 Å². The summed E-state index contributed by atoms with van der Waals surface area (Å²) in [5.74, 6) is -0.555. The second-order valence-corrected chi connectivity index (χ2v) is 10.8. The van der Waals surface area contributed by atoms with Crippen LogP contribution in [0.3, 0.4) is 0 Å². The first-order valence-corrected chi connectivity index (χ1v) is 13.4. The molecule has 0 aliphatic carbocycles. The van der Waals surface area contributed by atoms with Gasteiger partial charge in [0.2, 0.25) is 15.9 Å². The molecule has 2 aromatic carbocycles. The van der Waals surface area contributed by atoms with E-state index in [1.807, 2.05) is 20.8 Å². The highest BCUT2D eigenvalue weighted by Crippen LogP contribution is 2.36. The van der Waals surface area contributed by atoms with Gasteiger partial charge in [-0.25, -0.2) is 13.1 Å². The van der Waals surface area contributed by atoms with E-state index in [1.165, 1.54) is 10.7 Å². The van der Waals surface area contributed by atoms with E-state index < -0.39 is 31.4 Å². The molecule has 1 amide bonds. The van der Waals surface area contributed by atoms with Crippen molar-refractivity contribution in [1.29, 1.82) is 0 Å². The van der Waals surface area contributed by atoms with E-state index in [0.29, 0.717) is 22.8 Å². The van der Waals surface area contributed by atoms with Crippen molar-refractivity contribution in [3.05, 3.63) is 68.9 Å². The highest BCUT2D eigenvalue weighted by Gasteiger charge is 2.28. The van der Waals surface area contributed by atoms with Gasteiger partial charge in [-0.1, -0.05) is 38.4 Å². The minimum absolute atomic E-state index is 0.00598. The number of ether oxygens (including phenoxy) is 1. The Morgan fingerprint density at radius 2 is 1.97 bits per heavy atom. The molecule has 3 rings (SSSR count). The molecule has 37 heavy (non-hydrogen) atoms. The molecule has 0 spiro atoms. The first-order chi connectivity index (χ1) is 17.4. The molecule has 11 nitrogen and oxygen atoms in total. The molecule has 1 heterocycles. The maximum Gasteiger partial charge on any atom is 0.272 e. The fourth-order valence-corrected chi connectivity index (χ4v) is 4.83. The molecule has 13 heteroatoms. The Morgan fingerprint density at radius 3 is 2.59 bits per heavy atom. The third-order valence-corrected chi connectivity index (χ3v) is 6.87. The number of nitrogens with one attached hydrogen (secondary N) is 2. The van der Waals surface area contributed by atoms with Crippen LogP contribution in [0.25, 0.3) is 5.69 Å². The molecule has 0 aliphatic heterocycles. The molecule has 0 fully saturated rings. The summed E-state index contributed by atoms with van der Waals surface area (Å²) in [5, 5.41) is 19.0. The zero-order valence-electron chi connectivity index (χ0n) is 20.8. The highest BCUT2D eigenvalue weighted by molar-refractivity contribution is 7.89. The Labute approximate surface area is 220 Å². The number of carbonyl (C=O) groups excluding carboxylic acids is 1. The molecule has 3 aromatic rings. The van der Waals surface area contributed by atoms with Gasteiger partial charge in [0.05, 0.1) is 10.6 Å². The minimum Gasteiger partial charge on any atom is -0.437 e. The number of sulfonamides is 1. The molecule has 0 saturated heterocycles. The van der Waals surface area contributed by atoms with Crippen LogP contribution in [0, 0.1) is 23.0 Å². The van der Waals surface area contributed by atoms with Gasteiger partial charge in [0.1, 0.15) is 10.6 Å². The van der Waals surface area contributed by atoms with Crippen LogP contribution in [0.4, 0.5) is 5.69 Å². The number of rotatable bonds is 11. The molecule has 0 aliphatic rings. The lowest BCUT2D eigenvalue weighted by molar-refractivity contribution is -0.385. The van der Waals surface area contributed by atoms with Crippen molar-refractivity contribution in [3.63, 3.8) is 0 Å². The molecule has 198 valence electrons. The summed E-state index contributed by atoms with van der Waals surface area (Å²) in [6.07, 6.45) is 0.719. The van der Waals surface area contributed by atoms with E-state index in [-0.39, 0.29) is 29.8 Å². The highest BCUT2D eigenvalue weighted by atomic mass is 35.5. The van der Waals surface area contributed by atoms with Crippen LogP contribution in [0.5, 0.6) is 11.6 Å². The Kier molecular flexibility index (Phi) is 8.89. The number of non-ortho nitro benzene ring substituents is 1. The van der Waals surface area contributed by atoms with Gasteiger partial charge in [-0.05, 0) is 43.5 Å². The van der Waals surface area contributed by atoms with Crippen LogP contribution in [-0.4, -0.2) is 42.1 Å². The maximum absolute atomic E-state index is 13.1. The summed E-state index contributed by atoms with van der Waals surface area (Å²) in [5.41, 5.74) is 0.458. The van der Waals surface area contributed by atoms with Gasteiger partial charge < -0.3 is 10.1 Å². The van der Waals surface area contributed by atoms with Gasteiger partial charge in [0.15, 0.2) is 5.69 Å². The van der Waals surface area contributed by atoms with E-state index in [1.54, 1.807) is 31.2 Å². The Bertz CT molecular complexity index is 1420. The summed E-state index contributed by atoms with van der Waals surface area (Å²) in [6.45, 7) is 7.73. The second kappa shape index (κ2) is 11.7. The number of halogens is 1. The van der Waals surface area contributed by atoms with Crippen molar-refractivity contribution in [2.75, 3.05) is 13.1 Å². The quantitative estimate of drug-likeness (QED) is 0.262. The third-order valence-electron chi connectivity index (χ3n) is 5.19. The minimum atomic E-state index is -4.19. The molecule has 0 saturated carbocycles. The maximum atomic E-state index is 13.1. The largest absolute Gasteiger partial charge is 0.437 e. The fraction of sp³-hybridized carbons (Fsp3) is 0.333. The summed E-state index contributed by atoms with van der Waals surface area (Å²) in [6, 6.07) is 9.92. The van der Waals surface area contributed by atoms with Crippen LogP contribution in [0.15, 0.2) is 47.4 Å². The number of hydrogen-bond acceptors (Lipinski definition) is 7. The molecule has 0 radical (unpaired) electrons. The first kappa shape index (κ1) is 28.1. The van der Waals surface area contributed by atoms with E-state index in [0.717, 1.165) is 18.6 Å². The van der Waals surface area contributed by atoms with Crippen LogP contribution < -0.4 is 14.8 Å². The fourth-order valence-electron chi connectivity index (χ4n) is 3.28. The molecule has 2 N–H and O–H groups in total. The van der Waals surface area contributed by atoms with Crippen molar-refractivity contribution in [3.8, 4) is 17.3 Å². The van der Waals surface area contributed by atoms with Crippen molar-refractivity contribution < 1.29 is 22.9 Å². The zero-order valence-corrected chi connectivity index (χ0v) is 22.4. The normalized spacial score (nSPS) is 11.5. The van der Waals surface area contributed by atoms with E-state index in [2.05, 4.69) is 15.1 Å². The van der Waals surface area contributed by atoms with Crippen LogP contribution in [0.1, 0.15) is 43.2 Å². The first-order valence-electron chi connectivity index (χ1n) is 11.5. The summed E-state index contributed by atoms with van der Waals surface area (Å²) in [4.78, 5) is 23.1. The van der Waals surface area contributed by atoms with Crippen molar-refractivity contribution >= 4 is 33.2 Å². The number of nitro groups is 1. The zero-order chi connectivity index (χ0) is 27.3. The van der Waals surface area contributed by atoms with E-state index in [4.69, 9.17) is 16.3 Å². The van der Waals surface area contributed by atoms with Crippen molar-refractivity contribution in [2.24, 2.45) is 5.92 Å². The topological polar surface area (TPSA) is 145 Å². The Balaban J connectivity index is 2.18. The lowest BCUT2D eigenvalue weighted by Gasteiger charge is -2.15. The number of nitrogens with zero attached hydrogens (tertiary/aromatic N) is 3. The number of hydrogen-bond donors (Lipinski definition) is 2. The molecule has 0 atom stereocenters. The average Bonchev–Trinajstić information content (AvgIpc) is 3.17. The standard InChI is InChI=1S/C24H28ClN5O6S/c1-5-11-26-23(31)22-16(4)24(29(28-22)18-8-6-7-17(25)12-18)36-20-10-9-19(30(32)33)13-21(20)37(34,35)27-14-15(2)3/h6-10,12-13,15,27H,5,11,14H2,1-4H3,(H,26,31). The van der Waals surface area contributed by atoms with Crippen molar-refractivity contribution in [2.45, 2.75) is 39.0 Å². The Hall–Kier alpha value is -3.48. The van der Waals surface area contributed by atoms with Crippen LogP contribution in [0.2, 0.25) is 5.02 Å². The third kappa shape index (κ3) is 6.64. The lowest BCUT2D eigenvalue weighted by atomic mass is 10.2. The van der Waals surface area contributed by atoms with Gasteiger partial charge in [-0.15, -0.1) is 0 Å². The smallest absolute Gasteiger partial charge is 0.272 e. The van der Waals surface area contributed by atoms with Gasteiger partial charge in [-0.2, -0.15) is 9.78 Å². The van der Waals surface area contributed by atoms with Gasteiger partial charge >= 0.3 is 0 Å². The summed E-state index contributed by atoms with van der Waals surface area (Å²) in [7, 11) is -4.19. The number of benzene rings is 2. The number of carbonyl (C=O) groups is 1. The van der Waals surface area contributed by atoms with Crippen molar-refractivity contribution in [1.82, 2.24) is 19.8 Å². The number of amides is 1. The molecule has 1 aromatic heterocycles. The lowest BCUT2D eigenvalue weighted by Crippen LogP contribution is -2.28. The van der Waals surface area contributed by atoms with Crippen LogP contribution in [-0.2, 0) is 10.0 Å². The van der Waals surface area contributed by atoms with Gasteiger partial charge in [0.25, 0.3) is 11.6 Å². The summed E-state index contributed by atoms with van der Waals surface area (Å²) >= 11 is 6.16. The molecule has 0 bridgehead atoms. The Morgan fingerprint density at radius 1 is 1.24 bits per heavy atom. The monoisotopic (exact) mass is 549 g/mol. The SMILES string of the molecule is CCCNC(=O)c1nn(-c2cccc(Cl)c2)c(Oc2ccc([N+](=O)[O-])cc2S(=O)(=O)NCC(C)C)c1C. The summed E-state index contributed by atoms with van der Waals surface area (Å²) < 4.78 is 36.1. The van der Waals surface area contributed by atoms with E-state index in [9.17, 15) is 23.3 Å².